The Labute approximate surface area is 114 Å². The second-order valence-electron chi connectivity index (χ2n) is 6.03. The number of rotatable bonds is 3. The van der Waals surface area contributed by atoms with E-state index in [-0.39, 0.29) is 18.1 Å². The van der Waals surface area contributed by atoms with Crippen LogP contribution < -0.4 is 5.32 Å². The number of amides is 1. The largest absolute Gasteiger partial charge is 0.381 e. The number of likely N-dealkylation sites (N-methyl/N-ethyl adjacent to an activating group) is 1. The van der Waals surface area contributed by atoms with Gasteiger partial charge in [-0.15, -0.1) is 0 Å². The van der Waals surface area contributed by atoms with Crippen LogP contribution in [0.15, 0.2) is 0 Å². The van der Waals surface area contributed by atoms with Gasteiger partial charge in [-0.25, -0.2) is 0 Å². The van der Waals surface area contributed by atoms with Gasteiger partial charge in [-0.05, 0) is 31.6 Å². The molecule has 0 aliphatic carbocycles. The first kappa shape index (κ1) is 13.3. The third kappa shape index (κ3) is 2.93. The SMILES string of the molecule is CN(CC1CCOCC1)C(=O)[C@@H]1C[C@@H]2OCC[C@@H]2N1. The van der Waals surface area contributed by atoms with Crippen LogP contribution in [0.1, 0.15) is 25.7 Å². The van der Waals surface area contributed by atoms with Gasteiger partial charge in [-0.2, -0.15) is 0 Å². The first-order valence-corrected chi connectivity index (χ1v) is 7.44. The Bertz CT molecular complexity index is 319. The minimum Gasteiger partial charge on any atom is -0.381 e. The second-order valence-corrected chi connectivity index (χ2v) is 6.03. The number of fused-ring (bicyclic) bond motifs is 1. The van der Waals surface area contributed by atoms with E-state index in [4.69, 9.17) is 9.47 Å². The van der Waals surface area contributed by atoms with Crippen molar-refractivity contribution in [2.45, 2.75) is 43.9 Å². The van der Waals surface area contributed by atoms with E-state index >= 15 is 0 Å². The molecule has 0 spiro atoms. The van der Waals surface area contributed by atoms with Crippen LogP contribution >= 0.6 is 0 Å². The molecule has 0 radical (unpaired) electrons. The highest BCUT2D eigenvalue weighted by molar-refractivity contribution is 5.82. The molecule has 5 nitrogen and oxygen atoms in total. The van der Waals surface area contributed by atoms with Crippen molar-refractivity contribution in [3.05, 3.63) is 0 Å². The van der Waals surface area contributed by atoms with Gasteiger partial charge in [0.25, 0.3) is 0 Å². The lowest BCUT2D eigenvalue weighted by molar-refractivity contribution is -0.133. The summed E-state index contributed by atoms with van der Waals surface area (Å²) in [6.45, 7) is 3.37. The quantitative estimate of drug-likeness (QED) is 0.804. The van der Waals surface area contributed by atoms with Gasteiger partial charge in [0.05, 0.1) is 12.1 Å². The molecule has 0 aromatic heterocycles. The molecule has 0 saturated carbocycles. The van der Waals surface area contributed by atoms with Crippen LogP contribution in [0.3, 0.4) is 0 Å². The molecule has 108 valence electrons. The summed E-state index contributed by atoms with van der Waals surface area (Å²) in [6.07, 6.45) is 4.28. The monoisotopic (exact) mass is 268 g/mol. The zero-order valence-electron chi connectivity index (χ0n) is 11.6. The standard InChI is InChI=1S/C14H24N2O3/c1-16(9-10-2-5-18-6-3-10)14(17)12-8-13-11(15-12)4-7-19-13/h10-13,15H,2-9H2,1H3/t11-,12-,13-/m0/s1. The van der Waals surface area contributed by atoms with E-state index in [1.807, 2.05) is 11.9 Å². The summed E-state index contributed by atoms with van der Waals surface area (Å²) in [4.78, 5) is 14.3. The Morgan fingerprint density at radius 2 is 2.05 bits per heavy atom. The molecule has 0 unspecified atom stereocenters. The molecular formula is C14H24N2O3. The maximum atomic E-state index is 12.4. The Hall–Kier alpha value is -0.650. The first-order chi connectivity index (χ1) is 9.24. The summed E-state index contributed by atoms with van der Waals surface area (Å²) >= 11 is 0. The number of hydrogen-bond donors (Lipinski definition) is 1. The van der Waals surface area contributed by atoms with E-state index in [0.717, 1.165) is 52.0 Å². The second kappa shape index (κ2) is 5.77. The van der Waals surface area contributed by atoms with Crippen molar-refractivity contribution in [2.75, 3.05) is 33.4 Å². The average Bonchev–Trinajstić information content (AvgIpc) is 2.99. The van der Waals surface area contributed by atoms with Crippen molar-refractivity contribution < 1.29 is 14.3 Å². The van der Waals surface area contributed by atoms with Crippen LogP contribution in [0.2, 0.25) is 0 Å². The van der Waals surface area contributed by atoms with Gasteiger partial charge >= 0.3 is 0 Å². The summed E-state index contributed by atoms with van der Waals surface area (Å²) in [5.74, 6) is 0.823. The summed E-state index contributed by atoms with van der Waals surface area (Å²) in [7, 11) is 1.93. The van der Waals surface area contributed by atoms with Crippen LogP contribution in [0.5, 0.6) is 0 Å². The summed E-state index contributed by atoms with van der Waals surface area (Å²) < 4.78 is 11.0. The fourth-order valence-corrected chi connectivity index (χ4v) is 3.47. The third-order valence-corrected chi connectivity index (χ3v) is 4.64. The van der Waals surface area contributed by atoms with Crippen LogP contribution in [0.25, 0.3) is 0 Å². The molecule has 0 aromatic rings. The normalized spacial score (nSPS) is 35.3. The van der Waals surface area contributed by atoms with Crippen LogP contribution in [-0.2, 0) is 14.3 Å². The fourth-order valence-electron chi connectivity index (χ4n) is 3.47. The number of nitrogens with zero attached hydrogens (tertiary/aromatic N) is 1. The average molecular weight is 268 g/mol. The maximum absolute atomic E-state index is 12.4. The lowest BCUT2D eigenvalue weighted by Crippen LogP contribution is -2.45. The van der Waals surface area contributed by atoms with Crippen molar-refractivity contribution in [3.63, 3.8) is 0 Å². The highest BCUT2D eigenvalue weighted by Crippen LogP contribution is 2.26. The van der Waals surface area contributed by atoms with Crippen molar-refractivity contribution in [3.8, 4) is 0 Å². The summed E-state index contributed by atoms with van der Waals surface area (Å²) in [6, 6.07) is 0.352. The van der Waals surface area contributed by atoms with E-state index in [0.29, 0.717) is 12.0 Å². The molecular weight excluding hydrogens is 244 g/mol. The lowest BCUT2D eigenvalue weighted by Gasteiger charge is -2.29. The molecule has 3 saturated heterocycles. The van der Waals surface area contributed by atoms with Crippen molar-refractivity contribution in [1.82, 2.24) is 10.2 Å². The fraction of sp³-hybridized carbons (Fsp3) is 0.929. The van der Waals surface area contributed by atoms with Crippen LogP contribution in [0.4, 0.5) is 0 Å². The highest BCUT2D eigenvalue weighted by Gasteiger charge is 2.41. The van der Waals surface area contributed by atoms with Crippen molar-refractivity contribution >= 4 is 5.91 Å². The zero-order valence-corrected chi connectivity index (χ0v) is 11.6. The predicted molar refractivity (Wildman–Crippen MR) is 70.9 cm³/mol. The number of hydrogen-bond acceptors (Lipinski definition) is 4. The van der Waals surface area contributed by atoms with Crippen molar-refractivity contribution in [2.24, 2.45) is 5.92 Å². The van der Waals surface area contributed by atoms with Gasteiger partial charge in [-0.3, -0.25) is 4.79 Å². The number of ether oxygens (including phenoxy) is 2. The Balaban J connectivity index is 1.49. The minimum absolute atomic E-state index is 0.0415. The van der Waals surface area contributed by atoms with Gasteiger partial charge in [-0.1, -0.05) is 0 Å². The zero-order chi connectivity index (χ0) is 13.2. The van der Waals surface area contributed by atoms with Gasteiger partial charge in [0.2, 0.25) is 5.91 Å². The van der Waals surface area contributed by atoms with E-state index < -0.39 is 0 Å². The molecule has 3 fully saturated rings. The van der Waals surface area contributed by atoms with E-state index in [9.17, 15) is 4.79 Å². The molecule has 1 N–H and O–H groups in total. The molecule has 0 aromatic carbocycles. The molecule has 3 aliphatic heterocycles. The Morgan fingerprint density at radius 3 is 2.79 bits per heavy atom. The Kier molecular flexibility index (Phi) is 4.05. The smallest absolute Gasteiger partial charge is 0.239 e. The van der Waals surface area contributed by atoms with Gasteiger partial charge in [0.15, 0.2) is 0 Å². The van der Waals surface area contributed by atoms with Gasteiger partial charge in [0.1, 0.15) is 0 Å². The van der Waals surface area contributed by atoms with Crippen LogP contribution in [-0.4, -0.2) is 62.4 Å². The molecule has 3 atom stereocenters. The Morgan fingerprint density at radius 1 is 1.26 bits per heavy atom. The topological polar surface area (TPSA) is 50.8 Å². The molecule has 3 heterocycles. The maximum Gasteiger partial charge on any atom is 0.239 e. The number of nitrogens with one attached hydrogen (secondary N) is 1. The number of carbonyl (C=O) groups is 1. The third-order valence-electron chi connectivity index (χ3n) is 4.64. The van der Waals surface area contributed by atoms with Crippen molar-refractivity contribution in [1.29, 1.82) is 0 Å². The first-order valence-electron chi connectivity index (χ1n) is 7.44. The molecule has 1 amide bonds. The highest BCUT2D eigenvalue weighted by atomic mass is 16.5. The molecule has 3 rings (SSSR count). The van der Waals surface area contributed by atoms with Gasteiger partial charge < -0.3 is 19.7 Å². The molecule has 19 heavy (non-hydrogen) atoms. The lowest BCUT2D eigenvalue weighted by atomic mass is 9.99. The van der Waals surface area contributed by atoms with Crippen LogP contribution in [0, 0.1) is 5.92 Å². The summed E-state index contributed by atoms with van der Waals surface area (Å²) in [5, 5.41) is 3.43. The van der Waals surface area contributed by atoms with E-state index in [1.54, 1.807) is 0 Å². The number of carbonyl (C=O) groups excluding carboxylic acids is 1. The molecule has 3 aliphatic rings. The van der Waals surface area contributed by atoms with E-state index in [1.165, 1.54) is 0 Å². The van der Waals surface area contributed by atoms with E-state index in [2.05, 4.69) is 5.32 Å². The minimum atomic E-state index is -0.0415. The van der Waals surface area contributed by atoms with Gasteiger partial charge in [0, 0.05) is 39.5 Å². The molecule has 5 heteroatoms. The predicted octanol–water partition coefficient (Wildman–Crippen LogP) is 0.391. The molecule has 0 bridgehead atoms. The summed E-state index contributed by atoms with van der Waals surface area (Å²) in [5.41, 5.74) is 0.